The van der Waals surface area contributed by atoms with Crippen molar-refractivity contribution in [1.82, 2.24) is 10.6 Å². The number of carbonyl (C=O) groups excluding carboxylic acids is 1. The summed E-state index contributed by atoms with van der Waals surface area (Å²) in [7, 11) is 0. The van der Waals surface area contributed by atoms with Crippen molar-refractivity contribution in [2.45, 2.75) is 64.7 Å². The van der Waals surface area contributed by atoms with E-state index in [1.54, 1.807) is 18.3 Å². The van der Waals surface area contributed by atoms with Crippen LogP contribution >= 0.6 is 0 Å². The average molecular weight is 464 g/mol. The zero-order chi connectivity index (χ0) is 24.3. The number of amides is 1. The molecule has 1 fully saturated rings. The zero-order valence-electron chi connectivity index (χ0n) is 20.8. The number of nitrogens with one attached hydrogen (secondary N) is 2. The number of fused-ring (bicyclic) bond motifs is 1. The van der Waals surface area contributed by atoms with Crippen molar-refractivity contribution in [3.63, 3.8) is 0 Å². The van der Waals surface area contributed by atoms with Gasteiger partial charge in [-0.05, 0) is 98.7 Å². The molecule has 4 atom stereocenters. The van der Waals surface area contributed by atoms with Crippen LogP contribution in [0.3, 0.4) is 0 Å². The molecule has 2 aliphatic carbocycles. The summed E-state index contributed by atoms with van der Waals surface area (Å²) in [5.74, 6) is 1.19. The second-order valence-corrected chi connectivity index (χ2v) is 10.5. The quantitative estimate of drug-likeness (QED) is 0.537. The minimum atomic E-state index is -0.357. The van der Waals surface area contributed by atoms with Crippen molar-refractivity contribution in [2.24, 2.45) is 22.2 Å². The maximum absolute atomic E-state index is 14.0. The maximum Gasteiger partial charge on any atom is 0.255 e. The van der Waals surface area contributed by atoms with Gasteiger partial charge in [0, 0.05) is 30.3 Å². The normalized spacial score (nSPS) is 29.3. The van der Waals surface area contributed by atoms with Crippen LogP contribution in [0, 0.1) is 23.1 Å². The second-order valence-electron chi connectivity index (χ2n) is 10.5. The first kappa shape index (κ1) is 24.6. The SMILES string of the molecule is C=CN=C1CC(C(=O)NCC2CCNCC2)=C=CC1(C)C(C)C1CCC(C)c2cc(F)ccc21. The summed E-state index contributed by atoms with van der Waals surface area (Å²) in [6.07, 6.45) is 8.39. The number of hydrogen-bond donors (Lipinski definition) is 2. The first-order chi connectivity index (χ1) is 16.3. The summed E-state index contributed by atoms with van der Waals surface area (Å²) < 4.78 is 14.0. The van der Waals surface area contributed by atoms with Crippen molar-refractivity contribution in [1.29, 1.82) is 0 Å². The van der Waals surface area contributed by atoms with Crippen molar-refractivity contribution >= 4 is 11.6 Å². The first-order valence-corrected chi connectivity index (χ1v) is 12.8. The lowest BCUT2D eigenvalue weighted by atomic mass is 9.61. The summed E-state index contributed by atoms with van der Waals surface area (Å²) >= 11 is 0. The summed E-state index contributed by atoms with van der Waals surface area (Å²) in [5.41, 5.74) is 6.94. The summed E-state index contributed by atoms with van der Waals surface area (Å²) in [5, 5.41) is 6.49. The van der Waals surface area contributed by atoms with E-state index in [0.29, 0.717) is 36.3 Å². The Morgan fingerprint density at radius 2 is 2.09 bits per heavy atom. The Kier molecular flexibility index (Phi) is 7.54. The Morgan fingerprint density at radius 1 is 1.32 bits per heavy atom. The molecule has 3 aliphatic rings. The number of rotatable bonds is 6. The number of halogens is 1. The standard InChI is InChI=1S/C29H38FN3O/c1-5-32-27-16-22(28(34)33-18-21-11-14-31-15-12-21)10-13-29(27,4)20(3)24-8-6-19(2)26-17-23(30)7-9-25(24)26/h5,7,9,13,17,19-21,24,31H,1,6,8,11-12,14-16,18H2,2-4H3,(H,33,34). The predicted molar refractivity (Wildman–Crippen MR) is 137 cm³/mol. The van der Waals surface area contributed by atoms with E-state index in [-0.39, 0.29) is 23.1 Å². The molecule has 2 N–H and O–H groups in total. The minimum absolute atomic E-state index is 0.0476. The maximum atomic E-state index is 14.0. The van der Waals surface area contributed by atoms with Crippen molar-refractivity contribution in [3.8, 4) is 0 Å². The van der Waals surface area contributed by atoms with Crippen LogP contribution in [0.5, 0.6) is 0 Å². The highest BCUT2D eigenvalue weighted by Gasteiger charge is 2.43. The van der Waals surface area contributed by atoms with Gasteiger partial charge in [-0.25, -0.2) is 4.39 Å². The van der Waals surface area contributed by atoms with Crippen LogP contribution in [0.15, 0.2) is 53.4 Å². The van der Waals surface area contributed by atoms with Crippen LogP contribution in [-0.2, 0) is 4.79 Å². The number of benzene rings is 1. The highest BCUT2D eigenvalue weighted by Crippen LogP contribution is 2.50. The molecule has 0 radical (unpaired) electrons. The Hall–Kier alpha value is -2.49. The summed E-state index contributed by atoms with van der Waals surface area (Å²) in [6, 6.07) is 5.26. The smallest absolute Gasteiger partial charge is 0.255 e. The van der Waals surface area contributed by atoms with E-state index in [0.717, 1.165) is 50.0 Å². The van der Waals surface area contributed by atoms with E-state index in [4.69, 9.17) is 0 Å². The third-order valence-electron chi connectivity index (χ3n) is 8.48. The van der Waals surface area contributed by atoms with Crippen LogP contribution in [0.4, 0.5) is 4.39 Å². The molecule has 1 aromatic carbocycles. The molecule has 0 bridgehead atoms. The molecular weight excluding hydrogens is 425 g/mol. The Labute approximate surface area is 203 Å². The van der Waals surface area contributed by atoms with Crippen LogP contribution in [-0.4, -0.2) is 31.3 Å². The van der Waals surface area contributed by atoms with Crippen LogP contribution < -0.4 is 10.6 Å². The molecule has 1 saturated heterocycles. The Bertz CT molecular complexity index is 1030. The topological polar surface area (TPSA) is 53.5 Å². The summed E-state index contributed by atoms with van der Waals surface area (Å²) in [6.45, 7) is 13.2. The van der Waals surface area contributed by atoms with E-state index < -0.39 is 0 Å². The third kappa shape index (κ3) is 4.96. The molecule has 5 heteroatoms. The predicted octanol–water partition coefficient (Wildman–Crippen LogP) is 5.63. The third-order valence-corrected chi connectivity index (χ3v) is 8.48. The van der Waals surface area contributed by atoms with Crippen LogP contribution in [0.25, 0.3) is 0 Å². The fourth-order valence-corrected chi connectivity index (χ4v) is 5.98. The van der Waals surface area contributed by atoms with Gasteiger partial charge in [-0.3, -0.25) is 9.79 Å². The lowest BCUT2D eigenvalue weighted by Crippen LogP contribution is -2.41. The van der Waals surface area contributed by atoms with Gasteiger partial charge in [-0.2, -0.15) is 0 Å². The molecule has 4 unspecified atom stereocenters. The van der Waals surface area contributed by atoms with Crippen molar-refractivity contribution in [3.05, 3.63) is 65.3 Å². The molecule has 0 saturated carbocycles. The number of nitrogens with zero attached hydrogens (tertiary/aromatic N) is 1. The van der Waals surface area contributed by atoms with Crippen LogP contribution in [0.1, 0.15) is 75.8 Å². The van der Waals surface area contributed by atoms with Gasteiger partial charge in [-0.1, -0.05) is 26.5 Å². The molecule has 4 nitrogen and oxygen atoms in total. The van der Waals surface area contributed by atoms with Gasteiger partial charge in [0.2, 0.25) is 0 Å². The van der Waals surface area contributed by atoms with Gasteiger partial charge in [0.05, 0.1) is 5.57 Å². The van der Waals surface area contributed by atoms with Gasteiger partial charge >= 0.3 is 0 Å². The molecule has 0 aromatic heterocycles. The molecule has 182 valence electrons. The minimum Gasteiger partial charge on any atom is -0.351 e. The van der Waals surface area contributed by atoms with E-state index >= 15 is 0 Å². The van der Waals surface area contributed by atoms with Gasteiger partial charge in [0.15, 0.2) is 0 Å². The van der Waals surface area contributed by atoms with Crippen molar-refractivity contribution < 1.29 is 9.18 Å². The molecule has 1 aliphatic heterocycles. The molecule has 34 heavy (non-hydrogen) atoms. The fourth-order valence-electron chi connectivity index (χ4n) is 5.98. The zero-order valence-corrected chi connectivity index (χ0v) is 20.8. The number of aliphatic imine (C=N–C) groups is 1. The summed E-state index contributed by atoms with van der Waals surface area (Å²) in [4.78, 5) is 17.6. The molecule has 0 spiro atoms. The first-order valence-electron chi connectivity index (χ1n) is 12.8. The fraction of sp³-hybridized carbons (Fsp3) is 0.552. The van der Waals surface area contributed by atoms with E-state index in [9.17, 15) is 9.18 Å². The second kappa shape index (κ2) is 10.4. The number of hydrogen-bond acceptors (Lipinski definition) is 3. The highest BCUT2D eigenvalue weighted by molar-refractivity contribution is 6.04. The Balaban J connectivity index is 1.58. The number of carbonyl (C=O) groups is 1. The van der Waals surface area contributed by atoms with Gasteiger partial charge in [0.1, 0.15) is 5.82 Å². The van der Waals surface area contributed by atoms with Gasteiger partial charge in [0.25, 0.3) is 5.91 Å². The van der Waals surface area contributed by atoms with Crippen molar-refractivity contribution in [2.75, 3.05) is 19.6 Å². The largest absolute Gasteiger partial charge is 0.351 e. The lowest BCUT2D eigenvalue weighted by Gasteiger charge is -2.43. The van der Waals surface area contributed by atoms with Crippen LogP contribution in [0.2, 0.25) is 0 Å². The monoisotopic (exact) mass is 463 g/mol. The van der Waals surface area contributed by atoms with Gasteiger partial charge in [-0.15, -0.1) is 5.73 Å². The lowest BCUT2D eigenvalue weighted by molar-refractivity contribution is -0.117. The van der Waals surface area contributed by atoms with E-state index in [1.165, 1.54) is 5.56 Å². The molecule has 1 amide bonds. The molecule has 4 rings (SSSR count). The van der Waals surface area contributed by atoms with E-state index in [1.807, 2.05) is 12.1 Å². The molecule has 1 heterocycles. The number of piperidine rings is 1. The highest BCUT2D eigenvalue weighted by atomic mass is 19.1. The molecule has 1 aromatic rings. The average Bonchev–Trinajstić information content (AvgIpc) is 2.85. The Morgan fingerprint density at radius 3 is 2.82 bits per heavy atom. The van der Waals surface area contributed by atoms with Gasteiger partial charge < -0.3 is 10.6 Å². The van der Waals surface area contributed by atoms with E-state index in [2.05, 4.69) is 48.7 Å². The molecular formula is C29H38FN3O.